The van der Waals surface area contributed by atoms with Crippen LogP contribution in [-0.4, -0.2) is 26.8 Å². The van der Waals surface area contributed by atoms with Crippen LogP contribution in [0.4, 0.5) is 18.9 Å². The van der Waals surface area contributed by atoms with Crippen LogP contribution in [-0.2, 0) is 18.0 Å². The summed E-state index contributed by atoms with van der Waals surface area (Å²) in [5.41, 5.74) is -1.01. The minimum absolute atomic E-state index is 0.268. The van der Waals surface area contributed by atoms with E-state index in [1.54, 1.807) is 0 Å². The fourth-order valence-electron chi connectivity index (χ4n) is 1.91. The van der Waals surface area contributed by atoms with Gasteiger partial charge in [0.25, 0.3) is 5.91 Å². The highest BCUT2D eigenvalue weighted by Gasteiger charge is 2.38. The number of carboxylic acids is 1. The fraction of sp³-hybridized carbons (Fsp3) is 0.133. The summed E-state index contributed by atoms with van der Waals surface area (Å²) in [5, 5.41) is 14.1. The van der Waals surface area contributed by atoms with Crippen LogP contribution in [0.3, 0.4) is 0 Å². The molecular formula is C15H12F3N3O3. The van der Waals surface area contributed by atoms with Crippen molar-refractivity contribution in [3.05, 3.63) is 53.4 Å². The Labute approximate surface area is 134 Å². The second-order valence-electron chi connectivity index (χ2n) is 4.81. The number of aromatic nitrogens is 2. The van der Waals surface area contributed by atoms with Gasteiger partial charge in [-0.25, -0.2) is 4.79 Å². The Balaban J connectivity index is 2.17. The lowest BCUT2D eigenvalue weighted by Crippen LogP contribution is -2.17. The third-order valence-electron chi connectivity index (χ3n) is 2.93. The van der Waals surface area contributed by atoms with Crippen molar-refractivity contribution in [1.29, 1.82) is 0 Å². The lowest BCUT2D eigenvalue weighted by atomic mass is 10.1. The number of anilines is 1. The third kappa shape index (κ3) is 4.22. The molecular weight excluding hydrogens is 327 g/mol. The van der Waals surface area contributed by atoms with E-state index in [2.05, 4.69) is 10.4 Å². The molecule has 1 aromatic carbocycles. The van der Waals surface area contributed by atoms with Crippen molar-refractivity contribution in [1.82, 2.24) is 9.78 Å². The van der Waals surface area contributed by atoms with Crippen LogP contribution in [0.15, 0.2) is 36.5 Å². The number of carbonyl (C=O) groups is 2. The first-order chi connectivity index (χ1) is 11.2. The lowest BCUT2D eigenvalue weighted by Gasteiger charge is -2.07. The molecule has 0 atom stereocenters. The van der Waals surface area contributed by atoms with Crippen LogP contribution in [0.5, 0.6) is 0 Å². The zero-order valence-electron chi connectivity index (χ0n) is 12.3. The number of alkyl halides is 3. The first kappa shape index (κ1) is 17.3. The smallest absolute Gasteiger partial charge is 0.435 e. The van der Waals surface area contributed by atoms with Crippen LogP contribution in [0.2, 0.25) is 0 Å². The highest BCUT2D eigenvalue weighted by molar-refractivity contribution is 6.05. The van der Waals surface area contributed by atoms with Gasteiger partial charge in [-0.1, -0.05) is 12.1 Å². The van der Waals surface area contributed by atoms with E-state index in [0.717, 1.165) is 17.0 Å². The minimum atomic E-state index is -4.74. The van der Waals surface area contributed by atoms with Crippen LogP contribution >= 0.6 is 0 Å². The molecule has 0 spiro atoms. The van der Waals surface area contributed by atoms with Crippen LogP contribution < -0.4 is 5.32 Å². The van der Waals surface area contributed by atoms with Crippen molar-refractivity contribution in [2.45, 2.75) is 6.18 Å². The SMILES string of the molecule is Cn1cc(C(=O)Nc2ccc(C=CC(=O)O)cc2)c(C(F)(F)F)n1. The second-order valence-corrected chi connectivity index (χ2v) is 4.81. The molecule has 1 heterocycles. The van der Waals surface area contributed by atoms with Crippen molar-refractivity contribution in [2.75, 3.05) is 5.32 Å². The predicted octanol–water partition coefficient (Wildman–Crippen LogP) is 2.79. The summed E-state index contributed by atoms with van der Waals surface area (Å²) in [6.45, 7) is 0. The van der Waals surface area contributed by atoms with Gasteiger partial charge in [-0.3, -0.25) is 9.48 Å². The van der Waals surface area contributed by atoms with Crippen LogP contribution in [0.1, 0.15) is 21.6 Å². The van der Waals surface area contributed by atoms with E-state index in [-0.39, 0.29) is 5.69 Å². The minimum Gasteiger partial charge on any atom is -0.478 e. The molecule has 0 saturated carbocycles. The molecule has 6 nitrogen and oxygen atoms in total. The molecule has 0 aliphatic carbocycles. The summed E-state index contributed by atoms with van der Waals surface area (Å²) in [4.78, 5) is 22.5. The molecule has 1 aromatic heterocycles. The number of aryl methyl sites for hydroxylation is 1. The molecule has 0 saturated heterocycles. The lowest BCUT2D eigenvalue weighted by molar-refractivity contribution is -0.141. The number of rotatable bonds is 4. The van der Waals surface area contributed by atoms with Crippen molar-refractivity contribution in [2.24, 2.45) is 7.05 Å². The van der Waals surface area contributed by atoms with Gasteiger partial charge < -0.3 is 10.4 Å². The average molecular weight is 339 g/mol. The molecule has 0 aliphatic rings. The van der Waals surface area contributed by atoms with Gasteiger partial charge in [0.05, 0.1) is 5.56 Å². The molecule has 2 rings (SSSR count). The number of halogens is 3. The van der Waals surface area contributed by atoms with E-state index in [4.69, 9.17) is 5.11 Å². The number of nitrogens with one attached hydrogen (secondary N) is 1. The van der Waals surface area contributed by atoms with E-state index in [1.807, 2.05) is 0 Å². The summed E-state index contributed by atoms with van der Waals surface area (Å²) in [6, 6.07) is 5.93. The maximum Gasteiger partial charge on any atom is 0.435 e. The van der Waals surface area contributed by atoms with Crippen LogP contribution in [0, 0.1) is 0 Å². The Morgan fingerprint density at radius 3 is 2.42 bits per heavy atom. The maximum absolute atomic E-state index is 12.9. The standard InChI is InChI=1S/C15H12F3N3O3/c1-21-8-11(13(20-21)15(16,17)18)14(24)19-10-5-2-9(3-6-10)4-7-12(22)23/h2-8H,1H3,(H,19,24)(H,22,23). The van der Waals surface area contributed by atoms with Crippen molar-refractivity contribution < 1.29 is 27.9 Å². The monoisotopic (exact) mass is 339 g/mol. The summed E-state index contributed by atoms with van der Waals surface area (Å²) in [7, 11) is 1.29. The topological polar surface area (TPSA) is 84.2 Å². The molecule has 0 bridgehead atoms. The van der Waals surface area contributed by atoms with Crippen LogP contribution in [0.25, 0.3) is 6.08 Å². The first-order valence-electron chi connectivity index (χ1n) is 6.60. The number of carbonyl (C=O) groups excluding carboxylic acids is 1. The molecule has 2 aromatic rings. The van der Waals surface area contributed by atoms with E-state index in [0.29, 0.717) is 5.56 Å². The molecule has 2 N–H and O–H groups in total. The number of amides is 1. The number of hydrogen-bond donors (Lipinski definition) is 2. The molecule has 0 unspecified atom stereocenters. The van der Waals surface area contributed by atoms with Gasteiger partial charge in [0.15, 0.2) is 5.69 Å². The maximum atomic E-state index is 12.9. The summed E-state index contributed by atoms with van der Waals surface area (Å²) < 4.78 is 39.5. The number of hydrogen-bond acceptors (Lipinski definition) is 3. The second kappa shape index (κ2) is 6.57. The van der Waals surface area contributed by atoms with Crippen molar-refractivity contribution >= 4 is 23.6 Å². The largest absolute Gasteiger partial charge is 0.478 e. The van der Waals surface area contributed by atoms with Crippen molar-refractivity contribution in [3.63, 3.8) is 0 Å². The Morgan fingerprint density at radius 1 is 1.25 bits per heavy atom. The first-order valence-corrected chi connectivity index (χ1v) is 6.60. The molecule has 9 heteroatoms. The van der Waals surface area contributed by atoms with Gasteiger partial charge in [0.1, 0.15) is 0 Å². The molecule has 1 amide bonds. The van der Waals surface area contributed by atoms with Gasteiger partial charge in [-0.15, -0.1) is 0 Å². The molecule has 0 radical (unpaired) electrons. The Bertz CT molecular complexity index is 793. The van der Waals surface area contributed by atoms with E-state index < -0.39 is 29.3 Å². The van der Waals surface area contributed by atoms with Gasteiger partial charge in [0, 0.05) is 25.0 Å². The van der Waals surface area contributed by atoms with Gasteiger partial charge in [-0.2, -0.15) is 18.3 Å². The van der Waals surface area contributed by atoms with Gasteiger partial charge in [0.2, 0.25) is 0 Å². The number of carboxylic acid groups (broad SMARTS) is 1. The Morgan fingerprint density at radius 2 is 1.88 bits per heavy atom. The third-order valence-corrected chi connectivity index (χ3v) is 2.93. The summed E-state index contributed by atoms with van der Waals surface area (Å²) >= 11 is 0. The van der Waals surface area contributed by atoms with E-state index in [1.165, 1.54) is 37.4 Å². The van der Waals surface area contributed by atoms with Gasteiger partial charge >= 0.3 is 12.1 Å². The zero-order chi connectivity index (χ0) is 17.9. The van der Waals surface area contributed by atoms with Crippen molar-refractivity contribution in [3.8, 4) is 0 Å². The zero-order valence-corrected chi connectivity index (χ0v) is 12.3. The summed E-state index contributed by atoms with van der Waals surface area (Å²) in [6.07, 6.45) is -1.46. The number of aliphatic carboxylic acids is 1. The van der Waals surface area contributed by atoms with Gasteiger partial charge in [-0.05, 0) is 23.8 Å². The normalized spacial score (nSPS) is 11.7. The highest BCUT2D eigenvalue weighted by atomic mass is 19.4. The number of nitrogens with zero attached hydrogens (tertiary/aromatic N) is 2. The Kier molecular flexibility index (Phi) is 4.72. The predicted molar refractivity (Wildman–Crippen MR) is 79.3 cm³/mol. The molecule has 24 heavy (non-hydrogen) atoms. The van der Waals surface area contributed by atoms with E-state index in [9.17, 15) is 22.8 Å². The quantitative estimate of drug-likeness (QED) is 0.839. The Hall–Kier alpha value is -3.10. The van der Waals surface area contributed by atoms with E-state index >= 15 is 0 Å². The fourth-order valence-corrected chi connectivity index (χ4v) is 1.91. The number of benzene rings is 1. The average Bonchev–Trinajstić information content (AvgIpc) is 2.89. The highest BCUT2D eigenvalue weighted by Crippen LogP contribution is 2.30. The molecule has 126 valence electrons. The summed E-state index contributed by atoms with van der Waals surface area (Å²) in [5.74, 6) is -2.05. The molecule has 0 fully saturated rings. The molecule has 0 aliphatic heterocycles.